The van der Waals surface area contributed by atoms with Gasteiger partial charge in [0.1, 0.15) is 0 Å². The van der Waals surface area contributed by atoms with Crippen LogP contribution >= 0.6 is 0 Å². The van der Waals surface area contributed by atoms with Crippen molar-refractivity contribution in [2.75, 3.05) is 6.54 Å². The molecule has 0 N–H and O–H groups in total. The Morgan fingerprint density at radius 2 is 2.56 bits per heavy atom. The van der Waals surface area contributed by atoms with Crippen molar-refractivity contribution in [3.63, 3.8) is 0 Å². The van der Waals surface area contributed by atoms with Crippen LogP contribution in [0.1, 0.15) is 20.3 Å². The lowest BCUT2D eigenvalue weighted by atomic mass is 10.1. The average Bonchev–Trinajstić information content (AvgIpc) is 1.90. The monoisotopic (exact) mass is 123 g/mol. The summed E-state index contributed by atoms with van der Waals surface area (Å²) in [7, 11) is 0. The molecular formula is C8H13N. The summed E-state index contributed by atoms with van der Waals surface area (Å²) in [6.07, 6.45) is 5.43. The molecule has 0 fully saturated rings. The Labute approximate surface area is 56.5 Å². The predicted molar refractivity (Wildman–Crippen MR) is 40.9 cm³/mol. The third-order valence-electron chi connectivity index (χ3n) is 1.56. The van der Waals surface area contributed by atoms with Crippen molar-refractivity contribution in [1.82, 2.24) is 0 Å². The molecule has 1 nitrogen and oxygen atoms in total. The number of dihydropyridines is 1. The van der Waals surface area contributed by atoms with E-state index in [4.69, 9.17) is 0 Å². The van der Waals surface area contributed by atoms with E-state index in [2.05, 4.69) is 31.0 Å². The first-order valence-corrected chi connectivity index (χ1v) is 3.54. The fourth-order valence-corrected chi connectivity index (χ4v) is 0.880. The van der Waals surface area contributed by atoms with Crippen molar-refractivity contribution in [3.05, 3.63) is 12.2 Å². The molecule has 0 aromatic heterocycles. The molecule has 0 aromatic carbocycles. The minimum atomic E-state index is 0.653. The lowest BCUT2D eigenvalue weighted by Gasteiger charge is -2.08. The molecule has 1 atom stereocenters. The van der Waals surface area contributed by atoms with Crippen LogP contribution in [0.3, 0.4) is 0 Å². The molecule has 1 heteroatoms. The molecule has 9 heavy (non-hydrogen) atoms. The van der Waals surface area contributed by atoms with Gasteiger partial charge in [-0.25, -0.2) is 0 Å². The Bertz CT molecular complexity index is 145. The second-order valence-electron chi connectivity index (χ2n) is 2.52. The number of rotatable bonds is 1. The molecule has 1 rings (SSSR count). The highest BCUT2D eigenvalue weighted by Crippen LogP contribution is 2.05. The molecule has 1 aliphatic rings. The molecule has 0 saturated carbocycles. The molecular weight excluding hydrogens is 110 g/mol. The highest BCUT2D eigenvalue weighted by molar-refractivity contribution is 5.95. The van der Waals surface area contributed by atoms with Crippen molar-refractivity contribution in [2.45, 2.75) is 20.3 Å². The Morgan fingerprint density at radius 3 is 3.00 bits per heavy atom. The molecule has 0 amide bonds. The van der Waals surface area contributed by atoms with Gasteiger partial charge >= 0.3 is 0 Å². The Balaban J connectivity index is 2.52. The molecule has 0 aromatic rings. The van der Waals surface area contributed by atoms with Gasteiger partial charge in [-0.3, -0.25) is 4.99 Å². The quantitative estimate of drug-likeness (QED) is 0.506. The third-order valence-corrected chi connectivity index (χ3v) is 1.56. The van der Waals surface area contributed by atoms with Crippen molar-refractivity contribution in [1.29, 1.82) is 0 Å². The molecule has 0 spiro atoms. The average molecular weight is 123 g/mol. The van der Waals surface area contributed by atoms with Gasteiger partial charge in [0.25, 0.3) is 0 Å². The molecule has 1 heterocycles. The summed E-state index contributed by atoms with van der Waals surface area (Å²) in [6, 6.07) is 0. The van der Waals surface area contributed by atoms with Crippen LogP contribution in [-0.4, -0.2) is 12.3 Å². The zero-order valence-corrected chi connectivity index (χ0v) is 6.09. The lowest BCUT2D eigenvalue weighted by molar-refractivity contribution is 0.731. The van der Waals surface area contributed by atoms with Gasteiger partial charge in [0, 0.05) is 12.3 Å². The standard InChI is InChI=1S/C8H13N/c1-3-8-5-4-7(2)6-9-8/h4-5,7H,3,6H2,1-2H3/t7-/m0/s1. The van der Waals surface area contributed by atoms with Gasteiger partial charge in [-0.2, -0.15) is 0 Å². The van der Waals surface area contributed by atoms with E-state index in [0.717, 1.165) is 13.0 Å². The summed E-state index contributed by atoms with van der Waals surface area (Å²) in [5.74, 6) is 0.653. The molecule has 0 saturated heterocycles. The van der Waals surface area contributed by atoms with Crippen LogP contribution in [0.2, 0.25) is 0 Å². The number of hydrogen-bond donors (Lipinski definition) is 0. The van der Waals surface area contributed by atoms with E-state index in [9.17, 15) is 0 Å². The van der Waals surface area contributed by atoms with Gasteiger partial charge in [0.05, 0.1) is 0 Å². The summed E-state index contributed by atoms with van der Waals surface area (Å²) in [5, 5.41) is 0. The molecule has 0 aliphatic carbocycles. The molecule has 1 aliphatic heterocycles. The minimum Gasteiger partial charge on any atom is -0.289 e. The third kappa shape index (κ3) is 1.67. The minimum absolute atomic E-state index is 0.653. The van der Waals surface area contributed by atoms with E-state index in [-0.39, 0.29) is 0 Å². The Morgan fingerprint density at radius 1 is 1.78 bits per heavy atom. The molecule has 50 valence electrons. The largest absolute Gasteiger partial charge is 0.289 e. The van der Waals surface area contributed by atoms with Gasteiger partial charge in [-0.1, -0.05) is 19.9 Å². The van der Waals surface area contributed by atoms with E-state index >= 15 is 0 Å². The van der Waals surface area contributed by atoms with Crippen molar-refractivity contribution in [3.8, 4) is 0 Å². The van der Waals surface area contributed by atoms with E-state index in [1.54, 1.807) is 0 Å². The predicted octanol–water partition coefficient (Wildman–Crippen LogP) is 2.04. The van der Waals surface area contributed by atoms with E-state index in [0.29, 0.717) is 5.92 Å². The number of allylic oxidation sites excluding steroid dienone is 1. The first kappa shape index (κ1) is 6.53. The van der Waals surface area contributed by atoms with E-state index < -0.39 is 0 Å². The van der Waals surface area contributed by atoms with Gasteiger partial charge in [-0.05, 0) is 18.4 Å². The van der Waals surface area contributed by atoms with Crippen LogP contribution in [0.5, 0.6) is 0 Å². The molecule has 0 bridgehead atoms. The summed E-state index contributed by atoms with van der Waals surface area (Å²) in [5.41, 5.74) is 1.24. The summed E-state index contributed by atoms with van der Waals surface area (Å²) >= 11 is 0. The number of nitrogens with zero attached hydrogens (tertiary/aromatic N) is 1. The van der Waals surface area contributed by atoms with Crippen molar-refractivity contribution < 1.29 is 0 Å². The van der Waals surface area contributed by atoms with Crippen LogP contribution in [0.15, 0.2) is 17.1 Å². The topological polar surface area (TPSA) is 12.4 Å². The van der Waals surface area contributed by atoms with Gasteiger partial charge in [0.15, 0.2) is 0 Å². The maximum absolute atomic E-state index is 4.36. The normalized spacial score (nSPS) is 26.0. The molecule has 0 unspecified atom stereocenters. The number of aliphatic imine (C=N–C) groups is 1. The van der Waals surface area contributed by atoms with Crippen LogP contribution in [0, 0.1) is 5.92 Å². The number of hydrogen-bond acceptors (Lipinski definition) is 1. The zero-order chi connectivity index (χ0) is 6.69. The van der Waals surface area contributed by atoms with Crippen LogP contribution in [0.25, 0.3) is 0 Å². The van der Waals surface area contributed by atoms with Gasteiger partial charge < -0.3 is 0 Å². The fourth-order valence-electron chi connectivity index (χ4n) is 0.880. The SMILES string of the molecule is CCC1=NC[C@@H](C)C=C1. The summed E-state index contributed by atoms with van der Waals surface area (Å²) in [6.45, 7) is 5.31. The Hall–Kier alpha value is -0.590. The maximum Gasteiger partial charge on any atom is 0.0452 e. The van der Waals surface area contributed by atoms with Crippen molar-refractivity contribution >= 4 is 5.71 Å². The summed E-state index contributed by atoms with van der Waals surface area (Å²) < 4.78 is 0. The van der Waals surface area contributed by atoms with E-state index in [1.807, 2.05) is 0 Å². The van der Waals surface area contributed by atoms with Crippen molar-refractivity contribution in [2.24, 2.45) is 10.9 Å². The van der Waals surface area contributed by atoms with Crippen LogP contribution in [-0.2, 0) is 0 Å². The smallest absolute Gasteiger partial charge is 0.0452 e. The lowest BCUT2D eigenvalue weighted by Crippen LogP contribution is -2.05. The Kier molecular flexibility index (Phi) is 2.04. The van der Waals surface area contributed by atoms with Gasteiger partial charge in [0.2, 0.25) is 0 Å². The first-order chi connectivity index (χ1) is 4.33. The highest BCUT2D eigenvalue weighted by Gasteiger charge is 2.01. The second kappa shape index (κ2) is 2.81. The molecule has 0 radical (unpaired) electrons. The van der Waals surface area contributed by atoms with E-state index in [1.165, 1.54) is 5.71 Å². The highest BCUT2D eigenvalue weighted by atomic mass is 14.7. The first-order valence-electron chi connectivity index (χ1n) is 3.54. The fraction of sp³-hybridized carbons (Fsp3) is 0.625. The summed E-state index contributed by atoms with van der Waals surface area (Å²) in [4.78, 5) is 4.36. The second-order valence-corrected chi connectivity index (χ2v) is 2.52. The maximum atomic E-state index is 4.36. The van der Waals surface area contributed by atoms with Crippen LogP contribution < -0.4 is 0 Å². The zero-order valence-electron chi connectivity index (χ0n) is 6.09. The van der Waals surface area contributed by atoms with Crippen LogP contribution in [0.4, 0.5) is 0 Å². The van der Waals surface area contributed by atoms with Gasteiger partial charge in [-0.15, -0.1) is 0 Å².